The third-order valence-electron chi connectivity index (χ3n) is 4.85. The van der Waals surface area contributed by atoms with Crippen molar-refractivity contribution in [1.82, 2.24) is 9.47 Å². The maximum atomic E-state index is 12.9. The molecule has 0 aliphatic carbocycles. The highest BCUT2D eigenvalue weighted by molar-refractivity contribution is 5.98. The van der Waals surface area contributed by atoms with E-state index in [2.05, 4.69) is 5.32 Å². The predicted molar refractivity (Wildman–Crippen MR) is 111 cm³/mol. The van der Waals surface area contributed by atoms with E-state index in [0.29, 0.717) is 12.2 Å². The number of aryl methyl sites for hydroxylation is 1. The van der Waals surface area contributed by atoms with Gasteiger partial charge in [-0.15, -0.1) is 0 Å². The Morgan fingerprint density at radius 2 is 1.71 bits per heavy atom. The third kappa shape index (κ3) is 4.49. The molecule has 1 heterocycles. The molecule has 0 radical (unpaired) electrons. The first-order chi connectivity index (χ1) is 13.5. The zero-order valence-electron chi connectivity index (χ0n) is 16.5. The van der Waals surface area contributed by atoms with Crippen LogP contribution in [0.5, 0.6) is 0 Å². The quantitative estimate of drug-likeness (QED) is 0.711. The summed E-state index contributed by atoms with van der Waals surface area (Å²) in [4.78, 5) is 26.7. The van der Waals surface area contributed by atoms with Crippen molar-refractivity contribution in [2.45, 2.75) is 20.4 Å². The molecular formula is C23H25N3O2. The first-order valence-electron chi connectivity index (χ1n) is 9.26. The number of hydrogen-bond acceptors (Lipinski definition) is 2. The van der Waals surface area contributed by atoms with Crippen LogP contribution < -0.4 is 5.32 Å². The van der Waals surface area contributed by atoms with Crippen LogP contribution >= 0.6 is 0 Å². The Morgan fingerprint density at radius 3 is 2.46 bits per heavy atom. The lowest BCUT2D eigenvalue weighted by Crippen LogP contribution is -2.36. The number of likely N-dealkylation sites (N-methyl/N-ethyl adjacent to an activating group) is 1. The zero-order chi connectivity index (χ0) is 20.1. The molecule has 2 amide bonds. The molecular weight excluding hydrogens is 350 g/mol. The summed E-state index contributed by atoms with van der Waals surface area (Å²) in [5.41, 5.74) is 4.59. The molecule has 144 valence electrons. The van der Waals surface area contributed by atoms with Gasteiger partial charge in [-0.1, -0.05) is 42.5 Å². The van der Waals surface area contributed by atoms with Crippen molar-refractivity contribution in [2.24, 2.45) is 0 Å². The largest absolute Gasteiger partial charge is 0.339 e. The lowest BCUT2D eigenvalue weighted by molar-refractivity contribution is -0.116. The third-order valence-corrected chi connectivity index (χ3v) is 4.85. The molecule has 28 heavy (non-hydrogen) atoms. The van der Waals surface area contributed by atoms with Crippen LogP contribution in [0.4, 0.5) is 5.69 Å². The standard InChI is InChI=1S/C23H25N3O2/c1-17-9-7-12-20(18(17)2)24-22(27)16-25(3)23(28)21-13-8-14-26(21)15-19-10-5-4-6-11-19/h4-14H,15-16H2,1-3H3,(H,24,27). The van der Waals surface area contributed by atoms with Crippen LogP contribution in [0.1, 0.15) is 27.2 Å². The zero-order valence-corrected chi connectivity index (χ0v) is 16.5. The van der Waals surface area contributed by atoms with Crippen LogP contribution in [0.15, 0.2) is 66.9 Å². The maximum Gasteiger partial charge on any atom is 0.270 e. The van der Waals surface area contributed by atoms with Gasteiger partial charge in [-0.05, 0) is 48.7 Å². The van der Waals surface area contributed by atoms with Gasteiger partial charge in [0.1, 0.15) is 5.69 Å². The number of benzene rings is 2. The Hall–Kier alpha value is -3.34. The van der Waals surface area contributed by atoms with Crippen molar-refractivity contribution in [1.29, 1.82) is 0 Å². The number of carbonyl (C=O) groups is 2. The highest BCUT2D eigenvalue weighted by atomic mass is 16.2. The summed E-state index contributed by atoms with van der Waals surface area (Å²) in [5, 5.41) is 2.90. The highest BCUT2D eigenvalue weighted by Gasteiger charge is 2.18. The molecule has 0 unspecified atom stereocenters. The van der Waals surface area contributed by atoms with E-state index in [1.807, 2.05) is 79.2 Å². The average molecular weight is 375 g/mol. The van der Waals surface area contributed by atoms with E-state index in [0.717, 1.165) is 22.4 Å². The summed E-state index contributed by atoms with van der Waals surface area (Å²) in [7, 11) is 1.64. The molecule has 0 aliphatic rings. The van der Waals surface area contributed by atoms with Gasteiger partial charge >= 0.3 is 0 Å². The molecule has 0 fully saturated rings. The lowest BCUT2D eigenvalue weighted by Gasteiger charge is -2.19. The molecule has 3 rings (SSSR count). The summed E-state index contributed by atoms with van der Waals surface area (Å²) < 4.78 is 1.90. The van der Waals surface area contributed by atoms with E-state index in [1.165, 1.54) is 4.90 Å². The number of nitrogens with one attached hydrogen (secondary N) is 1. The molecule has 0 saturated carbocycles. The number of rotatable bonds is 6. The van der Waals surface area contributed by atoms with Crippen LogP contribution in [0, 0.1) is 13.8 Å². The second kappa shape index (κ2) is 8.57. The molecule has 0 bridgehead atoms. The summed E-state index contributed by atoms with van der Waals surface area (Å²) in [5.74, 6) is -0.400. The lowest BCUT2D eigenvalue weighted by atomic mass is 10.1. The minimum absolute atomic E-state index is 0.0112. The van der Waals surface area contributed by atoms with Gasteiger partial charge in [0.15, 0.2) is 0 Å². The van der Waals surface area contributed by atoms with Crippen molar-refractivity contribution in [3.05, 3.63) is 89.2 Å². The molecule has 0 aliphatic heterocycles. The predicted octanol–water partition coefficient (Wildman–Crippen LogP) is 3.86. The molecule has 5 nitrogen and oxygen atoms in total. The highest BCUT2D eigenvalue weighted by Crippen LogP contribution is 2.18. The first-order valence-corrected chi connectivity index (χ1v) is 9.26. The number of aromatic nitrogens is 1. The Bertz CT molecular complexity index is 977. The molecule has 0 saturated heterocycles. The van der Waals surface area contributed by atoms with Crippen molar-refractivity contribution in [3.8, 4) is 0 Å². The molecule has 0 spiro atoms. The SMILES string of the molecule is Cc1cccc(NC(=O)CN(C)C(=O)c2cccn2Cc2ccccc2)c1C. The number of carbonyl (C=O) groups excluding carboxylic acids is 2. The van der Waals surface area contributed by atoms with Crippen LogP contribution in [0.2, 0.25) is 0 Å². The Labute approximate surface area is 165 Å². The summed E-state index contributed by atoms with van der Waals surface area (Å²) in [6.45, 7) is 4.57. The van der Waals surface area contributed by atoms with Gasteiger partial charge in [-0.25, -0.2) is 0 Å². The van der Waals surface area contributed by atoms with E-state index in [1.54, 1.807) is 13.1 Å². The fraction of sp³-hybridized carbons (Fsp3) is 0.217. The fourth-order valence-electron chi connectivity index (χ4n) is 3.09. The van der Waals surface area contributed by atoms with E-state index in [9.17, 15) is 9.59 Å². The van der Waals surface area contributed by atoms with E-state index in [-0.39, 0.29) is 18.4 Å². The smallest absolute Gasteiger partial charge is 0.270 e. The summed E-state index contributed by atoms with van der Waals surface area (Å²) in [6.07, 6.45) is 1.88. The molecule has 1 aromatic heterocycles. The van der Waals surface area contributed by atoms with Crippen LogP contribution in [-0.4, -0.2) is 34.9 Å². The molecule has 1 N–H and O–H groups in total. The minimum Gasteiger partial charge on any atom is -0.339 e. The van der Waals surface area contributed by atoms with Crippen molar-refractivity contribution >= 4 is 17.5 Å². The normalized spacial score (nSPS) is 10.5. The van der Waals surface area contributed by atoms with Gasteiger partial charge in [-0.3, -0.25) is 9.59 Å². The Kier molecular flexibility index (Phi) is 5.94. The van der Waals surface area contributed by atoms with E-state index >= 15 is 0 Å². The van der Waals surface area contributed by atoms with E-state index < -0.39 is 0 Å². The molecule has 0 atom stereocenters. The van der Waals surface area contributed by atoms with Gasteiger partial charge in [0, 0.05) is 25.5 Å². The number of amides is 2. The second-order valence-electron chi connectivity index (χ2n) is 6.96. The number of anilines is 1. The average Bonchev–Trinajstić information content (AvgIpc) is 3.13. The molecule has 5 heteroatoms. The fourth-order valence-corrected chi connectivity index (χ4v) is 3.09. The monoisotopic (exact) mass is 375 g/mol. The van der Waals surface area contributed by atoms with Crippen LogP contribution in [0.25, 0.3) is 0 Å². The minimum atomic E-state index is -0.217. The number of nitrogens with zero attached hydrogens (tertiary/aromatic N) is 2. The van der Waals surface area contributed by atoms with Gasteiger partial charge in [0.05, 0.1) is 6.54 Å². The van der Waals surface area contributed by atoms with Gasteiger partial charge < -0.3 is 14.8 Å². The van der Waals surface area contributed by atoms with Gasteiger partial charge in [-0.2, -0.15) is 0 Å². The molecule has 3 aromatic rings. The second-order valence-corrected chi connectivity index (χ2v) is 6.96. The van der Waals surface area contributed by atoms with Crippen molar-refractivity contribution < 1.29 is 9.59 Å². The first kappa shape index (κ1) is 19.4. The van der Waals surface area contributed by atoms with Crippen molar-refractivity contribution in [2.75, 3.05) is 18.9 Å². The Morgan fingerprint density at radius 1 is 0.964 bits per heavy atom. The Balaban J connectivity index is 1.66. The van der Waals surface area contributed by atoms with Crippen molar-refractivity contribution in [3.63, 3.8) is 0 Å². The van der Waals surface area contributed by atoms with Gasteiger partial charge in [0.25, 0.3) is 5.91 Å². The van der Waals surface area contributed by atoms with Gasteiger partial charge in [0.2, 0.25) is 5.91 Å². The summed E-state index contributed by atoms with van der Waals surface area (Å²) >= 11 is 0. The maximum absolute atomic E-state index is 12.9. The van der Waals surface area contributed by atoms with Crippen LogP contribution in [-0.2, 0) is 11.3 Å². The van der Waals surface area contributed by atoms with E-state index in [4.69, 9.17) is 0 Å². The topological polar surface area (TPSA) is 54.3 Å². The van der Waals surface area contributed by atoms with Crippen LogP contribution in [0.3, 0.4) is 0 Å². The number of hydrogen-bond donors (Lipinski definition) is 1. The summed E-state index contributed by atoms with van der Waals surface area (Å²) in [6, 6.07) is 19.4. The molecule has 2 aromatic carbocycles.